The van der Waals surface area contributed by atoms with Crippen molar-refractivity contribution < 1.29 is 9.90 Å². The molecule has 0 radical (unpaired) electrons. The summed E-state index contributed by atoms with van der Waals surface area (Å²) in [6, 6.07) is -0.408. The normalized spacial score (nSPS) is 13.9. The maximum absolute atomic E-state index is 10.5. The van der Waals surface area contributed by atoms with Gasteiger partial charge in [-0.15, -0.1) is 0 Å². The zero-order chi connectivity index (χ0) is 9.56. The van der Waals surface area contributed by atoms with Gasteiger partial charge < -0.3 is 5.11 Å². The molecule has 4 heteroatoms. The van der Waals surface area contributed by atoms with Crippen LogP contribution in [0.1, 0.15) is 13.3 Å². The quantitative estimate of drug-likeness (QED) is 0.689. The Morgan fingerprint density at radius 2 is 2.17 bits per heavy atom. The molecule has 4 nitrogen and oxygen atoms in total. The molecular weight excluding hydrogens is 156 g/mol. The largest absolute Gasteiger partial charge is 0.481 e. The van der Waals surface area contributed by atoms with Gasteiger partial charge in [-0.2, -0.15) is 0 Å². The van der Waals surface area contributed by atoms with Crippen molar-refractivity contribution >= 4 is 5.97 Å². The molecule has 0 aliphatic carbocycles. The van der Waals surface area contributed by atoms with Gasteiger partial charge in [0, 0.05) is 0 Å². The van der Waals surface area contributed by atoms with E-state index >= 15 is 0 Å². The van der Waals surface area contributed by atoms with Crippen molar-refractivity contribution in [2.45, 2.75) is 19.4 Å². The number of aliphatic carboxylic acids is 1. The van der Waals surface area contributed by atoms with Gasteiger partial charge in [-0.05, 0) is 6.92 Å². The van der Waals surface area contributed by atoms with Gasteiger partial charge >= 0.3 is 5.97 Å². The molecule has 0 amide bonds. The van der Waals surface area contributed by atoms with Gasteiger partial charge in [0.15, 0.2) is 0 Å². The monoisotopic (exact) mass is 168 g/mol. The Labute approximate surface area is 71.5 Å². The van der Waals surface area contributed by atoms with Crippen molar-refractivity contribution in [1.29, 1.82) is 0 Å². The van der Waals surface area contributed by atoms with Gasteiger partial charge in [0.05, 0.1) is 0 Å². The van der Waals surface area contributed by atoms with Crippen LogP contribution in [-0.2, 0) is 4.79 Å². The molecule has 0 saturated heterocycles. The van der Waals surface area contributed by atoms with Crippen LogP contribution in [-0.4, -0.2) is 23.7 Å². The van der Waals surface area contributed by atoms with Crippen molar-refractivity contribution in [3.05, 3.63) is 9.69 Å². The second kappa shape index (κ2) is 5.15. The van der Waals surface area contributed by atoms with E-state index in [1.807, 2.05) is 0 Å². The van der Waals surface area contributed by atoms with Crippen LogP contribution in [0.3, 0.4) is 0 Å². The predicted molar refractivity (Wildman–Crippen MR) is 46.7 cm³/mol. The SMILES string of the molecule is C#[N+]CCC([N+]#C)[C@@H](C)C(=O)O. The molecule has 0 saturated carbocycles. The van der Waals surface area contributed by atoms with Gasteiger partial charge in [-0.1, -0.05) is 9.69 Å². The third-order valence-electron chi connectivity index (χ3n) is 1.71. The standard InChI is InChI=1S/C8H11N2O2/c1-6(8(11)12)7(10-3)4-5-9-2/h2-3,6-7H,4-5H2,1H3/q+1/p+1/t6-,7?/m1/s1. The van der Waals surface area contributed by atoms with Crippen LogP contribution in [0.15, 0.2) is 0 Å². The number of carbonyl (C=O) groups is 1. The lowest BCUT2D eigenvalue weighted by molar-refractivity contribution is -0.141. The zero-order valence-electron chi connectivity index (χ0n) is 6.97. The highest BCUT2D eigenvalue weighted by Crippen LogP contribution is 2.11. The summed E-state index contributed by atoms with van der Waals surface area (Å²) in [6.07, 6.45) is 0.473. The van der Waals surface area contributed by atoms with E-state index in [0.29, 0.717) is 13.0 Å². The number of nitrogens with zero attached hydrogens (tertiary/aromatic N) is 2. The number of carboxylic acid groups (broad SMARTS) is 1. The number of hydrogen-bond acceptors (Lipinski definition) is 1. The van der Waals surface area contributed by atoms with Gasteiger partial charge in [0.25, 0.3) is 25.7 Å². The minimum atomic E-state index is -0.911. The molecule has 12 heavy (non-hydrogen) atoms. The Balaban J connectivity index is 4.10. The summed E-state index contributed by atoms with van der Waals surface area (Å²) in [5, 5.41) is 8.61. The molecule has 0 aliphatic rings. The first-order chi connectivity index (χ1) is 5.63. The summed E-state index contributed by atoms with van der Waals surface area (Å²) < 4.78 is 0. The van der Waals surface area contributed by atoms with E-state index in [0.717, 1.165) is 0 Å². The number of rotatable bonds is 4. The van der Waals surface area contributed by atoms with Gasteiger partial charge in [-0.25, -0.2) is 0 Å². The Bertz CT molecular complexity index is 236. The average molecular weight is 168 g/mol. The minimum Gasteiger partial charge on any atom is -0.481 e. The topological polar surface area (TPSA) is 46.0 Å². The van der Waals surface area contributed by atoms with Crippen molar-refractivity contribution in [1.82, 2.24) is 0 Å². The van der Waals surface area contributed by atoms with Crippen molar-refractivity contribution in [3.63, 3.8) is 0 Å². The summed E-state index contributed by atoms with van der Waals surface area (Å²) in [7, 11) is 0. The molecule has 0 aromatic rings. The Kier molecular flexibility index (Phi) is 4.48. The number of hydrogen-bond donors (Lipinski definition) is 1. The minimum absolute atomic E-state index is 0.378. The lowest BCUT2D eigenvalue weighted by Crippen LogP contribution is -2.23. The molecule has 0 heterocycles. The summed E-state index contributed by atoms with van der Waals surface area (Å²) in [6.45, 7) is 11.9. The average Bonchev–Trinajstić information content (AvgIpc) is 2.05. The fourth-order valence-electron chi connectivity index (χ4n) is 0.825. The second-order valence-corrected chi connectivity index (χ2v) is 2.54. The smallest absolute Gasteiger partial charge is 0.314 e. The van der Waals surface area contributed by atoms with E-state index in [9.17, 15) is 4.79 Å². The van der Waals surface area contributed by atoms with E-state index in [-0.39, 0.29) is 0 Å². The number of carboxylic acids is 1. The Morgan fingerprint density at radius 1 is 1.58 bits per heavy atom. The molecule has 0 aromatic carbocycles. The van der Waals surface area contributed by atoms with Crippen LogP contribution in [0.2, 0.25) is 0 Å². The highest BCUT2D eigenvalue weighted by Gasteiger charge is 2.32. The van der Waals surface area contributed by atoms with Crippen molar-refractivity contribution in [2.24, 2.45) is 5.92 Å². The molecule has 2 atom stereocenters. The van der Waals surface area contributed by atoms with Crippen molar-refractivity contribution in [2.75, 3.05) is 6.54 Å². The maximum atomic E-state index is 10.5. The van der Waals surface area contributed by atoms with Crippen LogP contribution in [0, 0.1) is 19.1 Å². The lowest BCUT2D eigenvalue weighted by atomic mass is 10.0. The van der Waals surface area contributed by atoms with E-state index < -0.39 is 17.9 Å². The zero-order valence-corrected chi connectivity index (χ0v) is 6.97. The van der Waals surface area contributed by atoms with Gasteiger partial charge in [-0.3, -0.25) is 4.79 Å². The van der Waals surface area contributed by atoms with Crippen molar-refractivity contribution in [3.8, 4) is 13.1 Å². The third-order valence-corrected chi connectivity index (χ3v) is 1.71. The second-order valence-electron chi connectivity index (χ2n) is 2.54. The molecular formula is C8H12N2O2+2. The lowest BCUT2D eigenvalue weighted by Gasteiger charge is -2.01. The summed E-state index contributed by atoms with van der Waals surface area (Å²) in [5.41, 5.74) is 0. The molecule has 1 N–H and O–H groups in total. The van der Waals surface area contributed by atoms with Crippen LogP contribution < -0.4 is 0 Å². The van der Waals surface area contributed by atoms with Gasteiger partial charge in [0.2, 0.25) is 0 Å². The fourth-order valence-corrected chi connectivity index (χ4v) is 0.825. The Morgan fingerprint density at radius 3 is 2.50 bits per heavy atom. The van der Waals surface area contributed by atoms with E-state index in [4.69, 9.17) is 18.3 Å². The first-order valence-corrected chi connectivity index (χ1v) is 3.63. The fraction of sp³-hybridized carbons (Fsp3) is 0.625. The molecule has 64 valence electrons. The van der Waals surface area contributed by atoms with E-state index in [2.05, 4.69) is 9.69 Å². The maximum Gasteiger partial charge on any atom is 0.314 e. The van der Waals surface area contributed by atoms with Gasteiger partial charge in [0.1, 0.15) is 12.3 Å². The van der Waals surface area contributed by atoms with Crippen LogP contribution in [0.25, 0.3) is 9.69 Å². The predicted octanol–water partition coefficient (Wildman–Crippen LogP) is 1.39. The third kappa shape index (κ3) is 3.03. The summed E-state index contributed by atoms with van der Waals surface area (Å²) >= 11 is 0. The molecule has 0 spiro atoms. The highest BCUT2D eigenvalue weighted by atomic mass is 16.4. The van der Waals surface area contributed by atoms with E-state index in [1.54, 1.807) is 6.92 Å². The van der Waals surface area contributed by atoms with E-state index in [1.165, 1.54) is 0 Å². The van der Waals surface area contributed by atoms with Crippen LogP contribution in [0.4, 0.5) is 0 Å². The Hall–Kier alpha value is -1.55. The first-order valence-electron chi connectivity index (χ1n) is 3.63. The summed E-state index contributed by atoms with van der Waals surface area (Å²) in [4.78, 5) is 17.3. The molecule has 1 unspecified atom stereocenters. The molecule has 0 rings (SSSR count). The first kappa shape index (κ1) is 10.4. The molecule has 0 aromatic heterocycles. The van der Waals surface area contributed by atoms with Crippen LogP contribution >= 0.6 is 0 Å². The van der Waals surface area contributed by atoms with Crippen LogP contribution in [0.5, 0.6) is 0 Å². The summed E-state index contributed by atoms with van der Waals surface area (Å²) in [5.74, 6) is -1.50. The molecule has 0 bridgehead atoms. The molecule has 0 fully saturated rings. The molecule has 0 aliphatic heterocycles. The highest BCUT2D eigenvalue weighted by molar-refractivity contribution is 5.70.